The second-order valence-corrected chi connectivity index (χ2v) is 4.23. The van der Waals surface area contributed by atoms with Gasteiger partial charge >= 0.3 is 0 Å². The first-order valence-corrected chi connectivity index (χ1v) is 5.14. The van der Waals surface area contributed by atoms with E-state index in [-0.39, 0.29) is 0 Å². The smallest absolute Gasteiger partial charge is 0.135 e. The molecule has 0 amide bonds. The molecule has 1 atom stereocenters. The molecular weight excluding hydrogens is 177 g/mol. The van der Waals surface area contributed by atoms with E-state index < -0.39 is 5.67 Å². The van der Waals surface area contributed by atoms with Crippen LogP contribution in [0.2, 0.25) is 0 Å². The van der Waals surface area contributed by atoms with Crippen LogP contribution >= 0.6 is 0 Å². The Bertz CT molecular complexity index is 344. The van der Waals surface area contributed by atoms with E-state index in [0.717, 1.165) is 29.8 Å². The van der Waals surface area contributed by atoms with E-state index in [1.165, 1.54) is 0 Å². The molecule has 0 saturated carbocycles. The Morgan fingerprint density at radius 3 is 3.00 bits per heavy atom. The first-order valence-electron chi connectivity index (χ1n) is 5.14. The Morgan fingerprint density at radius 1 is 1.43 bits per heavy atom. The number of hydrogen-bond acceptors (Lipinski definition) is 1. The van der Waals surface area contributed by atoms with E-state index >= 15 is 0 Å². The SMILES string of the molecule is Cc1cccc2c1NCCCC2(C)F. The number of anilines is 1. The van der Waals surface area contributed by atoms with Crippen molar-refractivity contribution in [3.8, 4) is 0 Å². The number of hydrogen-bond donors (Lipinski definition) is 1. The van der Waals surface area contributed by atoms with Crippen molar-refractivity contribution in [2.45, 2.75) is 32.4 Å². The van der Waals surface area contributed by atoms with Gasteiger partial charge < -0.3 is 5.32 Å². The molecule has 1 heterocycles. The average Bonchev–Trinajstić information content (AvgIpc) is 2.27. The number of alkyl halides is 1. The van der Waals surface area contributed by atoms with Gasteiger partial charge in [0.15, 0.2) is 0 Å². The lowest BCUT2D eigenvalue weighted by atomic mass is 9.91. The van der Waals surface area contributed by atoms with Crippen molar-refractivity contribution in [1.82, 2.24) is 0 Å². The van der Waals surface area contributed by atoms with Gasteiger partial charge in [-0.15, -0.1) is 0 Å². The Kier molecular flexibility index (Phi) is 2.22. The molecule has 1 aliphatic rings. The number of fused-ring (bicyclic) bond motifs is 1. The monoisotopic (exact) mass is 193 g/mol. The van der Waals surface area contributed by atoms with E-state index in [2.05, 4.69) is 5.32 Å². The van der Waals surface area contributed by atoms with Crippen molar-refractivity contribution < 1.29 is 4.39 Å². The highest BCUT2D eigenvalue weighted by molar-refractivity contribution is 5.59. The first kappa shape index (κ1) is 9.50. The Morgan fingerprint density at radius 2 is 2.21 bits per heavy atom. The highest BCUT2D eigenvalue weighted by Crippen LogP contribution is 2.38. The van der Waals surface area contributed by atoms with Gasteiger partial charge in [-0.2, -0.15) is 0 Å². The summed E-state index contributed by atoms with van der Waals surface area (Å²) >= 11 is 0. The lowest BCUT2D eigenvalue weighted by Gasteiger charge is -2.21. The van der Waals surface area contributed by atoms with Gasteiger partial charge in [-0.3, -0.25) is 0 Å². The summed E-state index contributed by atoms with van der Waals surface area (Å²) in [7, 11) is 0. The summed E-state index contributed by atoms with van der Waals surface area (Å²) in [5.74, 6) is 0. The molecule has 0 bridgehead atoms. The normalized spacial score (nSPS) is 26.2. The van der Waals surface area contributed by atoms with Crippen LogP contribution in [0, 0.1) is 6.92 Å². The molecule has 0 fully saturated rings. The lowest BCUT2D eigenvalue weighted by molar-refractivity contribution is 0.178. The van der Waals surface area contributed by atoms with Crippen molar-refractivity contribution in [3.63, 3.8) is 0 Å². The Labute approximate surface area is 84.3 Å². The zero-order valence-corrected chi connectivity index (χ0v) is 8.73. The number of para-hydroxylation sites is 1. The Hall–Kier alpha value is -1.05. The summed E-state index contributed by atoms with van der Waals surface area (Å²) in [6.07, 6.45) is 1.50. The lowest BCUT2D eigenvalue weighted by Crippen LogP contribution is -2.14. The molecule has 2 heteroatoms. The predicted molar refractivity (Wildman–Crippen MR) is 57.4 cm³/mol. The van der Waals surface area contributed by atoms with Crippen LogP contribution in [0.1, 0.15) is 30.9 Å². The summed E-state index contributed by atoms with van der Waals surface area (Å²) in [6, 6.07) is 5.84. The van der Waals surface area contributed by atoms with Crippen molar-refractivity contribution in [1.29, 1.82) is 0 Å². The average molecular weight is 193 g/mol. The second kappa shape index (κ2) is 3.26. The third kappa shape index (κ3) is 1.49. The molecule has 1 nitrogen and oxygen atoms in total. The molecule has 0 aromatic heterocycles. The molecule has 0 radical (unpaired) electrons. The summed E-state index contributed by atoms with van der Waals surface area (Å²) in [4.78, 5) is 0. The molecule has 76 valence electrons. The quantitative estimate of drug-likeness (QED) is 0.666. The van der Waals surface area contributed by atoms with Gasteiger partial charge in [0.1, 0.15) is 5.67 Å². The number of rotatable bonds is 0. The van der Waals surface area contributed by atoms with Crippen molar-refractivity contribution in [2.75, 3.05) is 11.9 Å². The molecule has 0 saturated heterocycles. The predicted octanol–water partition coefficient (Wildman–Crippen LogP) is 3.39. The van der Waals surface area contributed by atoms with E-state index in [0.29, 0.717) is 6.42 Å². The second-order valence-electron chi connectivity index (χ2n) is 4.23. The van der Waals surface area contributed by atoms with Crippen LogP contribution in [0.4, 0.5) is 10.1 Å². The van der Waals surface area contributed by atoms with Crippen LogP contribution < -0.4 is 5.32 Å². The van der Waals surface area contributed by atoms with E-state index in [1.54, 1.807) is 6.92 Å². The van der Waals surface area contributed by atoms with E-state index in [4.69, 9.17) is 0 Å². The molecule has 1 N–H and O–H groups in total. The van der Waals surface area contributed by atoms with Gasteiger partial charge in [0.25, 0.3) is 0 Å². The fourth-order valence-corrected chi connectivity index (χ4v) is 2.11. The van der Waals surface area contributed by atoms with Gasteiger partial charge in [-0.25, -0.2) is 4.39 Å². The summed E-state index contributed by atoms with van der Waals surface area (Å²) in [5.41, 5.74) is 1.77. The maximum atomic E-state index is 14.3. The van der Waals surface area contributed by atoms with Gasteiger partial charge in [-0.1, -0.05) is 18.2 Å². The van der Waals surface area contributed by atoms with Crippen molar-refractivity contribution in [3.05, 3.63) is 29.3 Å². The molecule has 1 unspecified atom stereocenters. The molecule has 1 aromatic rings. The fraction of sp³-hybridized carbons (Fsp3) is 0.500. The maximum absolute atomic E-state index is 14.3. The molecule has 2 rings (SSSR count). The zero-order valence-electron chi connectivity index (χ0n) is 8.73. The van der Waals surface area contributed by atoms with E-state index in [9.17, 15) is 4.39 Å². The van der Waals surface area contributed by atoms with Crippen LogP contribution in [-0.4, -0.2) is 6.54 Å². The third-order valence-electron chi connectivity index (χ3n) is 2.96. The van der Waals surface area contributed by atoms with E-state index in [1.807, 2.05) is 25.1 Å². The van der Waals surface area contributed by atoms with Crippen molar-refractivity contribution in [2.24, 2.45) is 0 Å². The largest absolute Gasteiger partial charge is 0.385 e. The Balaban J connectivity index is 2.56. The van der Waals surface area contributed by atoms with Gasteiger partial charge in [0.2, 0.25) is 0 Å². The summed E-state index contributed by atoms with van der Waals surface area (Å²) in [6.45, 7) is 4.57. The molecule has 0 aliphatic carbocycles. The summed E-state index contributed by atoms with van der Waals surface area (Å²) in [5, 5.41) is 3.31. The number of benzene rings is 1. The maximum Gasteiger partial charge on any atom is 0.135 e. The first-order chi connectivity index (χ1) is 6.61. The summed E-state index contributed by atoms with van der Waals surface area (Å²) < 4.78 is 14.3. The highest BCUT2D eigenvalue weighted by atomic mass is 19.1. The topological polar surface area (TPSA) is 12.0 Å². The van der Waals surface area contributed by atoms with Crippen molar-refractivity contribution >= 4 is 5.69 Å². The standard InChI is InChI=1S/C12H16FN/c1-9-5-3-6-10-11(9)14-8-4-7-12(10,2)13/h3,5-6,14H,4,7-8H2,1-2H3. The van der Waals surface area contributed by atoms with Crippen LogP contribution in [-0.2, 0) is 5.67 Å². The zero-order chi connectivity index (χ0) is 10.2. The van der Waals surface area contributed by atoms with Crippen LogP contribution in [0.3, 0.4) is 0 Å². The molecule has 14 heavy (non-hydrogen) atoms. The van der Waals surface area contributed by atoms with Crippen LogP contribution in [0.5, 0.6) is 0 Å². The van der Waals surface area contributed by atoms with Gasteiger partial charge in [0.05, 0.1) is 0 Å². The number of aryl methyl sites for hydroxylation is 1. The highest BCUT2D eigenvalue weighted by Gasteiger charge is 2.30. The minimum Gasteiger partial charge on any atom is -0.385 e. The minimum atomic E-state index is -1.18. The van der Waals surface area contributed by atoms with Gasteiger partial charge in [0, 0.05) is 17.8 Å². The number of halogens is 1. The fourth-order valence-electron chi connectivity index (χ4n) is 2.11. The van der Waals surface area contributed by atoms with Gasteiger partial charge in [-0.05, 0) is 32.3 Å². The molecule has 1 aromatic carbocycles. The van der Waals surface area contributed by atoms with Crippen LogP contribution in [0.25, 0.3) is 0 Å². The molecule has 0 spiro atoms. The molecule has 1 aliphatic heterocycles. The molecular formula is C12H16FN. The third-order valence-corrected chi connectivity index (χ3v) is 2.96. The number of nitrogens with one attached hydrogen (secondary N) is 1. The minimum absolute atomic E-state index is 0.608. The van der Waals surface area contributed by atoms with Crippen LogP contribution in [0.15, 0.2) is 18.2 Å².